The first-order valence-electron chi connectivity index (χ1n) is 7.48. The maximum absolute atomic E-state index is 13.1. The lowest BCUT2D eigenvalue weighted by molar-refractivity contribution is -0.143. The molecule has 0 saturated carbocycles. The van der Waals surface area contributed by atoms with Crippen LogP contribution in [0.15, 0.2) is 53.4 Å². The van der Waals surface area contributed by atoms with Crippen molar-refractivity contribution in [1.29, 1.82) is 0 Å². The summed E-state index contributed by atoms with van der Waals surface area (Å²) >= 11 is 5.79. The summed E-state index contributed by atoms with van der Waals surface area (Å²) in [6.45, 7) is 1.24. The molecule has 2 aromatic rings. The number of rotatable bonds is 7. The fraction of sp³-hybridized carbons (Fsp3) is 0.235. The summed E-state index contributed by atoms with van der Waals surface area (Å²) in [5.74, 6) is -1.09. The van der Waals surface area contributed by atoms with Crippen molar-refractivity contribution >= 4 is 27.6 Å². The van der Waals surface area contributed by atoms with Crippen molar-refractivity contribution in [2.45, 2.75) is 18.4 Å². The van der Waals surface area contributed by atoms with Gasteiger partial charge in [0.15, 0.2) is 0 Å². The van der Waals surface area contributed by atoms with Gasteiger partial charge < -0.3 is 4.74 Å². The Kier molecular flexibility index (Phi) is 6.52. The van der Waals surface area contributed by atoms with E-state index in [4.69, 9.17) is 16.3 Å². The fourth-order valence-electron chi connectivity index (χ4n) is 2.13. The number of carbonyl (C=O) groups is 1. The third kappa shape index (κ3) is 5.26. The van der Waals surface area contributed by atoms with Gasteiger partial charge in [0.05, 0.1) is 11.5 Å². The highest BCUT2D eigenvalue weighted by atomic mass is 35.5. The summed E-state index contributed by atoms with van der Waals surface area (Å²) in [5.41, 5.74) is 0.545. The molecule has 0 amide bonds. The standard InChI is InChI=1S/C17H17ClFNO4S/c1-2-24-17(21)12-20(11-13-3-7-15(19)8-4-13)25(22,23)16-9-5-14(18)6-10-16/h3-10H,2,11-12H2,1H3. The van der Waals surface area contributed by atoms with Crippen LogP contribution >= 0.6 is 11.6 Å². The minimum absolute atomic E-state index is 0.00306. The molecule has 134 valence electrons. The van der Waals surface area contributed by atoms with E-state index in [9.17, 15) is 17.6 Å². The highest BCUT2D eigenvalue weighted by Gasteiger charge is 2.27. The number of carbonyl (C=O) groups excluding carboxylic acids is 1. The van der Waals surface area contributed by atoms with E-state index in [1.807, 2.05) is 0 Å². The van der Waals surface area contributed by atoms with Crippen molar-refractivity contribution in [3.63, 3.8) is 0 Å². The van der Waals surface area contributed by atoms with Crippen LogP contribution in [0, 0.1) is 5.82 Å². The summed E-state index contributed by atoms with van der Waals surface area (Å²) < 4.78 is 44.6. The van der Waals surface area contributed by atoms with Gasteiger partial charge in [0.1, 0.15) is 12.4 Å². The molecule has 0 aliphatic rings. The van der Waals surface area contributed by atoms with Gasteiger partial charge in [-0.2, -0.15) is 4.31 Å². The van der Waals surface area contributed by atoms with Gasteiger partial charge in [0, 0.05) is 11.6 Å². The monoisotopic (exact) mass is 385 g/mol. The van der Waals surface area contributed by atoms with E-state index >= 15 is 0 Å². The molecule has 0 heterocycles. The quantitative estimate of drug-likeness (QED) is 0.686. The smallest absolute Gasteiger partial charge is 0.321 e. The van der Waals surface area contributed by atoms with E-state index in [-0.39, 0.29) is 18.0 Å². The zero-order valence-corrected chi connectivity index (χ0v) is 15.1. The maximum Gasteiger partial charge on any atom is 0.321 e. The molecule has 0 N–H and O–H groups in total. The average Bonchev–Trinajstić information content (AvgIpc) is 2.57. The largest absolute Gasteiger partial charge is 0.465 e. The Morgan fingerprint density at radius 3 is 2.28 bits per heavy atom. The van der Waals surface area contributed by atoms with Gasteiger partial charge in [-0.15, -0.1) is 0 Å². The molecule has 0 radical (unpaired) electrons. The van der Waals surface area contributed by atoms with Crippen LogP contribution in [0.25, 0.3) is 0 Å². The number of esters is 1. The Hall–Kier alpha value is -1.96. The van der Waals surface area contributed by atoms with Crippen LogP contribution in [0.3, 0.4) is 0 Å². The van der Waals surface area contributed by atoms with Gasteiger partial charge in [0.2, 0.25) is 10.0 Å². The lowest BCUT2D eigenvalue weighted by Crippen LogP contribution is -2.36. The molecule has 0 atom stereocenters. The van der Waals surface area contributed by atoms with E-state index in [0.717, 1.165) is 4.31 Å². The Labute approximate surface area is 151 Å². The van der Waals surface area contributed by atoms with Crippen LogP contribution in [0.5, 0.6) is 0 Å². The molecule has 5 nitrogen and oxygen atoms in total. The zero-order valence-electron chi connectivity index (χ0n) is 13.5. The highest BCUT2D eigenvalue weighted by Crippen LogP contribution is 2.20. The minimum Gasteiger partial charge on any atom is -0.465 e. The molecule has 25 heavy (non-hydrogen) atoms. The van der Waals surface area contributed by atoms with Crippen LogP contribution < -0.4 is 0 Å². The highest BCUT2D eigenvalue weighted by molar-refractivity contribution is 7.89. The molecule has 0 unspecified atom stereocenters. The first-order chi connectivity index (χ1) is 11.8. The van der Waals surface area contributed by atoms with Crippen LogP contribution in [0.2, 0.25) is 5.02 Å². The van der Waals surface area contributed by atoms with Gasteiger partial charge in [-0.3, -0.25) is 4.79 Å². The topological polar surface area (TPSA) is 63.7 Å². The number of ether oxygens (including phenoxy) is 1. The second-order valence-corrected chi connectivity index (χ2v) is 7.53. The van der Waals surface area contributed by atoms with Gasteiger partial charge in [-0.1, -0.05) is 23.7 Å². The first-order valence-corrected chi connectivity index (χ1v) is 9.30. The Balaban J connectivity index is 2.33. The summed E-state index contributed by atoms with van der Waals surface area (Å²) in [7, 11) is -3.96. The number of hydrogen-bond acceptors (Lipinski definition) is 4. The molecule has 0 fully saturated rings. The van der Waals surface area contributed by atoms with Crippen LogP contribution in [-0.4, -0.2) is 31.8 Å². The van der Waals surface area contributed by atoms with Crippen LogP contribution in [0.1, 0.15) is 12.5 Å². The van der Waals surface area contributed by atoms with Crippen LogP contribution in [0.4, 0.5) is 4.39 Å². The molecule has 2 aromatic carbocycles. The number of hydrogen-bond donors (Lipinski definition) is 0. The van der Waals surface area contributed by atoms with Gasteiger partial charge in [0.25, 0.3) is 0 Å². The second-order valence-electron chi connectivity index (χ2n) is 5.16. The number of halogens is 2. The van der Waals surface area contributed by atoms with Crippen molar-refractivity contribution in [1.82, 2.24) is 4.31 Å². The van der Waals surface area contributed by atoms with E-state index in [2.05, 4.69) is 0 Å². The maximum atomic E-state index is 13.1. The average molecular weight is 386 g/mol. The van der Waals surface area contributed by atoms with E-state index in [1.54, 1.807) is 6.92 Å². The van der Waals surface area contributed by atoms with E-state index in [1.165, 1.54) is 48.5 Å². The SMILES string of the molecule is CCOC(=O)CN(Cc1ccc(F)cc1)S(=O)(=O)c1ccc(Cl)cc1. The predicted molar refractivity (Wildman–Crippen MR) is 92.1 cm³/mol. The fourth-order valence-corrected chi connectivity index (χ4v) is 3.62. The molecular weight excluding hydrogens is 369 g/mol. The molecule has 0 aliphatic carbocycles. The molecule has 0 saturated heterocycles. The van der Waals surface area contributed by atoms with Gasteiger partial charge in [-0.05, 0) is 48.9 Å². The van der Waals surface area contributed by atoms with Gasteiger partial charge in [-0.25, -0.2) is 12.8 Å². The van der Waals surface area contributed by atoms with Crippen molar-refractivity contribution in [3.8, 4) is 0 Å². The molecule has 0 spiro atoms. The van der Waals surface area contributed by atoms with E-state index < -0.39 is 28.4 Å². The van der Waals surface area contributed by atoms with Crippen molar-refractivity contribution in [3.05, 3.63) is 64.9 Å². The number of benzene rings is 2. The molecular formula is C17H17ClFNO4S. The van der Waals surface area contributed by atoms with Crippen molar-refractivity contribution in [2.75, 3.05) is 13.2 Å². The normalized spacial score (nSPS) is 11.5. The molecule has 2 rings (SSSR count). The lowest BCUT2D eigenvalue weighted by atomic mass is 10.2. The van der Waals surface area contributed by atoms with E-state index in [0.29, 0.717) is 10.6 Å². The van der Waals surface area contributed by atoms with Crippen molar-refractivity contribution in [2.24, 2.45) is 0 Å². The lowest BCUT2D eigenvalue weighted by Gasteiger charge is -2.21. The van der Waals surface area contributed by atoms with Crippen LogP contribution in [-0.2, 0) is 26.1 Å². The second kappa shape index (κ2) is 8.42. The molecule has 0 aliphatic heterocycles. The number of nitrogens with zero attached hydrogens (tertiary/aromatic N) is 1. The molecule has 0 aromatic heterocycles. The summed E-state index contributed by atoms with van der Waals surface area (Å²) in [5, 5.41) is 0.398. The zero-order chi connectivity index (χ0) is 18.4. The minimum atomic E-state index is -3.96. The summed E-state index contributed by atoms with van der Waals surface area (Å²) in [6, 6.07) is 11.0. The third-order valence-corrected chi connectivity index (χ3v) is 5.39. The predicted octanol–water partition coefficient (Wildman–Crippen LogP) is 3.23. The Morgan fingerprint density at radius 1 is 1.12 bits per heavy atom. The van der Waals surface area contributed by atoms with Gasteiger partial charge >= 0.3 is 5.97 Å². The Morgan fingerprint density at radius 2 is 1.72 bits per heavy atom. The molecule has 0 bridgehead atoms. The number of sulfonamides is 1. The molecule has 8 heteroatoms. The summed E-state index contributed by atoms with van der Waals surface area (Å²) in [6.07, 6.45) is 0. The van der Waals surface area contributed by atoms with Crippen molar-refractivity contribution < 1.29 is 22.3 Å². The first kappa shape index (κ1) is 19.4. The Bertz CT molecular complexity index is 823. The third-order valence-electron chi connectivity index (χ3n) is 3.33. The summed E-state index contributed by atoms with van der Waals surface area (Å²) in [4.78, 5) is 11.8.